The molecule has 0 spiro atoms. The zero-order valence-corrected chi connectivity index (χ0v) is 10.2. The summed E-state index contributed by atoms with van der Waals surface area (Å²) < 4.78 is 30.3. The number of halogens is 2. The third kappa shape index (κ3) is 3.32. The summed E-state index contributed by atoms with van der Waals surface area (Å²) in [6.07, 6.45) is -2.87. The van der Waals surface area contributed by atoms with Crippen LogP contribution in [0, 0.1) is 11.8 Å². The van der Waals surface area contributed by atoms with Gasteiger partial charge in [0, 0.05) is 19.0 Å². The van der Waals surface area contributed by atoms with Gasteiger partial charge in [-0.1, -0.05) is 6.92 Å². The molecule has 0 aromatic carbocycles. The maximum atomic E-state index is 12.6. The smallest absolute Gasteiger partial charge is 0.410 e. The lowest BCUT2D eigenvalue weighted by Crippen LogP contribution is -2.35. The van der Waals surface area contributed by atoms with Gasteiger partial charge in [-0.3, -0.25) is 0 Å². The van der Waals surface area contributed by atoms with Gasteiger partial charge in [-0.25, -0.2) is 13.6 Å². The Balaban J connectivity index is 2.55. The van der Waals surface area contributed by atoms with Gasteiger partial charge in [-0.05, 0) is 26.7 Å². The van der Waals surface area contributed by atoms with Crippen LogP contribution in [0.15, 0.2) is 0 Å². The number of hydrogen-bond donors (Lipinski definition) is 0. The van der Waals surface area contributed by atoms with Gasteiger partial charge in [-0.2, -0.15) is 0 Å². The van der Waals surface area contributed by atoms with Crippen molar-refractivity contribution in [1.29, 1.82) is 0 Å². The highest BCUT2D eigenvalue weighted by molar-refractivity contribution is 5.68. The zero-order valence-electron chi connectivity index (χ0n) is 10.2. The molecule has 0 N–H and O–H groups in total. The van der Waals surface area contributed by atoms with E-state index in [2.05, 4.69) is 0 Å². The van der Waals surface area contributed by atoms with Crippen LogP contribution >= 0.6 is 0 Å². The normalized spacial score (nSPS) is 26.3. The first-order valence-corrected chi connectivity index (χ1v) is 5.47. The summed E-state index contributed by atoms with van der Waals surface area (Å²) >= 11 is 0. The molecule has 0 radical (unpaired) electrons. The second-order valence-electron chi connectivity index (χ2n) is 5.36. The lowest BCUT2D eigenvalue weighted by atomic mass is 9.99. The summed E-state index contributed by atoms with van der Waals surface area (Å²) in [5, 5.41) is 0. The molecule has 94 valence electrons. The van der Waals surface area contributed by atoms with Gasteiger partial charge in [0.25, 0.3) is 0 Å². The highest BCUT2D eigenvalue weighted by atomic mass is 19.3. The number of carbonyl (C=O) groups excluding carboxylic acids is 1. The van der Waals surface area contributed by atoms with E-state index in [0.717, 1.165) is 0 Å². The van der Waals surface area contributed by atoms with Gasteiger partial charge in [0.1, 0.15) is 5.60 Å². The van der Waals surface area contributed by atoms with Crippen molar-refractivity contribution in [1.82, 2.24) is 4.90 Å². The standard InChI is InChI=1S/C11H19F2NO2/c1-7-5-14(6-8(7)9(12)13)10(15)16-11(2,3)4/h7-9H,5-6H2,1-4H3/t7-,8-/m1/s1. The summed E-state index contributed by atoms with van der Waals surface area (Å²) in [6.45, 7) is 7.46. The maximum Gasteiger partial charge on any atom is 0.410 e. The fraction of sp³-hybridized carbons (Fsp3) is 0.909. The topological polar surface area (TPSA) is 29.5 Å². The molecule has 2 atom stereocenters. The van der Waals surface area contributed by atoms with Crippen LogP contribution in [0.2, 0.25) is 0 Å². The van der Waals surface area contributed by atoms with Crippen molar-refractivity contribution < 1.29 is 18.3 Å². The lowest BCUT2D eigenvalue weighted by Gasteiger charge is -2.24. The van der Waals surface area contributed by atoms with Crippen molar-refractivity contribution >= 4 is 6.09 Å². The van der Waals surface area contributed by atoms with Gasteiger partial charge in [-0.15, -0.1) is 0 Å². The van der Waals surface area contributed by atoms with E-state index in [0.29, 0.717) is 6.54 Å². The summed E-state index contributed by atoms with van der Waals surface area (Å²) in [6, 6.07) is 0. The molecule has 0 saturated carbocycles. The predicted octanol–water partition coefficient (Wildman–Crippen LogP) is 2.75. The number of likely N-dealkylation sites (tertiary alicyclic amines) is 1. The van der Waals surface area contributed by atoms with Gasteiger partial charge in [0.05, 0.1) is 0 Å². The number of hydrogen-bond acceptors (Lipinski definition) is 2. The third-order valence-electron chi connectivity index (χ3n) is 2.65. The fourth-order valence-corrected chi connectivity index (χ4v) is 1.80. The van der Waals surface area contributed by atoms with Crippen molar-refractivity contribution in [2.45, 2.75) is 39.7 Å². The molecule has 1 fully saturated rings. The van der Waals surface area contributed by atoms with Crippen LogP contribution < -0.4 is 0 Å². The van der Waals surface area contributed by atoms with E-state index in [1.54, 1.807) is 27.7 Å². The number of alkyl halides is 2. The number of ether oxygens (including phenoxy) is 1. The molecule has 0 aromatic heterocycles. The summed E-state index contributed by atoms with van der Waals surface area (Å²) in [4.78, 5) is 13.0. The second kappa shape index (κ2) is 4.55. The molecule has 1 saturated heterocycles. The molecule has 16 heavy (non-hydrogen) atoms. The number of nitrogens with zero attached hydrogens (tertiary/aromatic N) is 1. The van der Waals surface area contributed by atoms with Crippen molar-refractivity contribution in [2.24, 2.45) is 11.8 Å². The predicted molar refractivity (Wildman–Crippen MR) is 56.5 cm³/mol. The molecule has 5 heteroatoms. The van der Waals surface area contributed by atoms with Gasteiger partial charge >= 0.3 is 6.09 Å². The quantitative estimate of drug-likeness (QED) is 0.699. The van der Waals surface area contributed by atoms with E-state index in [9.17, 15) is 13.6 Å². The molecule has 3 nitrogen and oxygen atoms in total. The molecule has 1 aliphatic heterocycles. The van der Waals surface area contributed by atoms with E-state index < -0.39 is 24.0 Å². The monoisotopic (exact) mass is 235 g/mol. The first-order chi connectivity index (χ1) is 7.20. The fourth-order valence-electron chi connectivity index (χ4n) is 1.80. The molecular formula is C11H19F2NO2. The van der Waals surface area contributed by atoms with Crippen molar-refractivity contribution in [3.05, 3.63) is 0 Å². The van der Waals surface area contributed by atoms with E-state index in [-0.39, 0.29) is 12.5 Å². The zero-order chi connectivity index (χ0) is 12.5. The minimum atomic E-state index is -2.37. The summed E-state index contributed by atoms with van der Waals surface area (Å²) in [7, 11) is 0. The average Bonchev–Trinajstić information content (AvgIpc) is 2.44. The Morgan fingerprint density at radius 2 is 1.94 bits per heavy atom. The molecule has 1 heterocycles. The van der Waals surface area contributed by atoms with Crippen LogP contribution in [-0.2, 0) is 4.74 Å². The SMILES string of the molecule is C[C@@H]1CN(C(=O)OC(C)(C)C)C[C@H]1C(F)F. The van der Waals surface area contributed by atoms with E-state index >= 15 is 0 Å². The summed E-state index contributed by atoms with van der Waals surface area (Å²) in [5.41, 5.74) is -0.580. The van der Waals surface area contributed by atoms with Crippen LogP contribution in [-0.4, -0.2) is 36.1 Å². The number of amides is 1. The Morgan fingerprint density at radius 1 is 1.38 bits per heavy atom. The first-order valence-electron chi connectivity index (χ1n) is 5.47. The average molecular weight is 235 g/mol. The largest absolute Gasteiger partial charge is 0.444 e. The third-order valence-corrected chi connectivity index (χ3v) is 2.65. The van der Waals surface area contributed by atoms with Crippen molar-refractivity contribution in [3.63, 3.8) is 0 Å². The Labute approximate surface area is 94.7 Å². The van der Waals surface area contributed by atoms with Crippen LogP contribution in [0.3, 0.4) is 0 Å². The Kier molecular flexibility index (Phi) is 3.76. The molecule has 0 aromatic rings. The van der Waals surface area contributed by atoms with E-state index in [4.69, 9.17) is 4.74 Å². The Hall–Kier alpha value is -0.870. The molecule has 1 aliphatic rings. The molecule has 1 amide bonds. The molecule has 0 bridgehead atoms. The number of rotatable bonds is 1. The molecular weight excluding hydrogens is 216 g/mol. The maximum absolute atomic E-state index is 12.6. The lowest BCUT2D eigenvalue weighted by molar-refractivity contribution is 0.0254. The van der Waals surface area contributed by atoms with Crippen LogP contribution in [0.4, 0.5) is 13.6 Å². The molecule has 0 unspecified atom stereocenters. The molecule has 1 rings (SSSR count). The van der Waals surface area contributed by atoms with E-state index in [1.807, 2.05) is 0 Å². The van der Waals surface area contributed by atoms with Gasteiger partial charge in [0.15, 0.2) is 0 Å². The Morgan fingerprint density at radius 3 is 2.31 bits per heavy atom. The highest BCUT2D eigenvalue weighted by Gasteiger charge is 2.39. The van der Waals surface area contributed by atoms with Gasteiger partial charge < -0.3 is 9.64 Å². The highest BCUT2D eigenvalue weighted by Crippen LogP contribution is 2.29. The van der Waals surface area contributed by atoms with Crippen molar-refractivity contribution in [2.75, 3.05) is 13.1 Å². The van der Waals surface area contributed by atoms with Gasteiger partial charge in [0.2, 0.25) is 6.43 Å². The Bertz CT molecular complexity index is 263. The second-order valence-corrected chi connectivity index (χ2v) is 5.36. The minimum Gasteiger partial charge on any atom is -0.444 e. The van der Waals surface area contributed by atoms with Crippen LogP contribution in [0.25, 0.3) is 0 Å². The molecule has 0 aliphatic carbocycles. The number of carbonyl (C=O) groups is 1. The first kappa shape index (κ1) is 13.2. The van der Waals surface area contributed by atoms with Crippen LogP contribution in [0.5, 0.6) is 0 Å². The summed E-state index contributed by atoms with van der Waals surface area (Å²) in [5.74, 6) is -0.903. The van der Waals surface area contributed by atoms with E-state index in [1.165, 1.54) is 4.90 Å². The minimum absolute atomic E-state index is 0.0910. The van der Waals surface area contributed by atoms with Crippen molar-refractivity contribution in [3.8, 4) is 0 Å². The van der Waals surface area contributed by atoms with Crippen LogP contribution in [0.1, 0.15) is 27.7 Å².